The third-order valence-electron chi connectivity index (χ3n) is 4.89. The summed E-state index contributed by atoms with van der Waals surface area (Å²) in [7, 11) is 1.24. The first-order chi connectivity index (χ1) is 13.3. The smallest absolute Gasteiger partial charge is 0.336 e. The Morgan fingerprint density at radius 1 is 1.18 bits per heavy atom. The molecule has 2 aromatic carbocycles. The Labute approximate surface area is 166 Å². The summed E-state index contributed by atoms with van der Waals surface area (Å²) in [5, 5.41) is 0.420. The van der Waals surface area contributed by atoms with Crippen LogP contribution in [0.15, 0.2) is 53.7 Å². The molecule has 4 nitrogen and oxygen atoms in total. The lowest BCUT2D eigenvalue weighted by atomic mass is 9.83. The van der Waals surface area contributed by atoms with Crippen molar-refractivity contribution in [3.63, 3.8) is 0 Å². The molecule has 0 fully saturated rings. The van der Waals surface area contributed by atoms with E-state index in [2.05, 4.69) is 0 Å². The summed E-state index contributed by atoms with van der Waals surface area (Å²) in [5.41, 5.74) is 0.909. The van der Waals surface area contributed by atoms with Crippen LogP contribution in [0.1, 0.15) is 30.4 Å². The molecule has 146 valence electrons. The first kappa shape index (κ1) is 20.0. The summed E-state index contributed by atoms with van der Waals surface area (Å²) >= 11 is 6.28. The summed E-state index contributed by atoms with van der Waals surface area (Å²) in [6.45, 7) is 1.24. The number of nitrogens with zero attached hydrogens (tertiary/aromatic N) is 1. The van der Waals surface area contributed by atoms with E-state index < -0.39 is 23.5 Å². The van der Waals surface area contributed by atoms with Crippen molar-refractivity contribution in [3.8, 4) is 0 Å². The monoisotopic (exact) mass is 405 g/mol. The Morgan fingerprint density at radius 2 is 1.82 bits per heavy atom. The van der Waals surface area contributed by atoms with E-state index in [1.807, 2.05) is 0 Å². The number of carbonyl (C=O) groups excluding carboxylic acids is 2. The zero-order valence-corrected chi connectivity index (χ0v) is 16.1. The van der Waals surface area contributed by atoms with Gasteiger partial charge < -0.3 is 9.64 Å². The summed E-state index contributed by atoms with van der Waals surface area (Å²) in [6, 6.07) is 10.4. The lowest BCUT2D eigenvalue weighted by Gasteiger charge is -2.34. The second-order valence-electron chi connectivity index (χ2n) is 6.45. The molecule has 0 saturated carbocycles. The number of hydrogen-bond acceptors (Lipinski definition) is 3. The van der Waals surface area contributed by atoms with Crippen molar-refractivity contribution in [1.82, 2.24) is 4.90 Å². The molecule has 0 radical (unpaired) electrons. The van der Waals surface area contributed by atoms with Gasteiger partial charge in [-0.15, -0.1) is 0 Å². The van der Waals surface area contributed by atoms with Crippen LogP contribution in [-0.2, 0) is 20.9 Å². The molecular formula is C21H18ClF2NO3. The molecule has 28 heavy (non-hydrogen) atoms. The van der Waals surface area contributed by atoms with E-state index >= 15 is 0 Å². The Hall–Kier alpha value is -2.73. The number of hydrogen-bond donors (Lipinski definition) is 0. The fraction of sp³-hybridized carbons (Fsp3) is 0.238. The van der Waals surface area contributed by atoms with Gasteiger partial charge in [0.1, 0.15) is 11.6 Å². The van der Waals surface area contributed by atoms with Crippen LogP contribution in [0.3, 0.4) is 0 Å². The number of amides is 1. The molecule has 1 aliphatic rings. The van der Waals surface area contributed by atoms with E-state index in [0.29, 0.717) is 10.6 Å². The average Bonchev–Trinajstić information content (AvgIpc) is 2.66. The van der Waals surface area contributed by atoms with Crippen molar-refractivity contribution in [2.75, 3.05) is 7.11 Å². The second-order valence-corrected chi connectivity index (χ2v) is 6.86. The highest BCUT2D eigenvalue weighted by Gasteiger charge is 2.38. The van der Waals surface area contributed by atoms with Crippen molar-refractivity contribution in [2.24, 2.45) is 0 Å². The Morgan fingerprint density at radius 3 is 2.43 bits per heavy atom. The van der Waals surface area contributed by atoms with Crippen LogP contribution in [0, 0.1) is 11.6 Å². The number of allylic oxidation sites excluding steroid dienone is 1. The van der Waals surface area contributed by atoms with Crippen LogP contribution in [-0.4, -0.2) is 23.9 Å². The van der Waals surface area contributed by atoms with Crippen molar-refractivity contribution < 1.29 is 23.1 Å². The number of carbonyl (C=O) groups is 2. The number of ether oxygens (including phenoxy) is 1. The number of halogens is 3. The van der Waals surface area contributed by atoms with Gasteiger partial charge in [-0.3, -0.25) is 4.79 Å². The van der Waals surface area contributed by atoms with Gasteiger partial charge in [0, 0.05) is 28.6 Å². The fourth-order valence-electron chi connectivity index (χ4n) is 3.44. The standard InChI is InChI=1S/C21H18ClF2NO3/c1-12-20(21(27)28-2)14(13-6-3-4-7-16(13)22)10-19(26)25(12)11-15-17(23)8-5-9-18(15)24/h3-9,14H,10-11H2,1-2H3/t14-/m0/s1. The molecule has 1 heterocycles. The molecule has 1 atom stereocenters. The molecule has 0 bridgehead atoms. The lowest BCUT2D eigenvalue weighted by molar-refractivity contribution is -0.138. The van der Waals surface area contributed by atoms with Gasteiger partial charge in [-0.05, 0) is 30.7 Å². The third-order valence-corrected chi connectivity index (χ3v) is 5.23. The molecule has 3 rings (SSSR count). The van der Waals surface area contributed by atoms with Crippen LogP contribution in [0.25, 0.3) is 0 Å². The third kappa shape index (κ3) is 3.64. The minimum atomic E-state index is -0.756. The first-order valence-corrected chi connectivity index (χ1v) is 8.99. The molecule has 1 aliphatic heterocycles. The predicted molar refractivity (Wildman–Crippen MR) is 100 cm³/mol. The zero-order chi connectivity index (χ0) is 20.4. The van der Waals surface area contributed by atoms with E-state index in [0.717, 1.165) is 12.1 Å². The van der Waals surface area contributed by atoms with Crippen LogP contribution in [0.5, 0.6) is 0 Å². The highest BCUT2D eigenvalue weighted by Crippen LogP contribution is 2.40. The molecule has 0 aromatic heterocycles. The highest BCUT2D eigenvalue weighted by atomic mass is 35.5. The molecule has 1 amide bonds. The molecule has 2 aromatic rings. The Kier molecular flexibility index (Phi) is 5.79. The van der Waals surface area contributed by atoms with E-state index in [1.54, 1.807) is 31.2 Å². The van der Waals surface area contributed by atoms with Gasteiger partial charge in [-0.25, -0.2) is 13.6 Å². The van der Waals surface area contributed by atoms with Gasteiger partial charge in [0.05, 0.1) is 19.2 Å². The largest absolute Gasteiger partial charge is 0.466 e. The van der Waals surface area contributed by atoms with E-state index in [9.17, 15) is 18.4 Å². The van der Waals surface area contributed by atoms with Crippen molar-refractivity contribution in [1.29, 1.82) is 0 Å². The first-order valence-electron chi connectivity index (χ1n) is 8.62. The number of esters is 1. The number of benzene rings is 2. The fourth-order valence-corrected chi connectivity index (χ4v) is 3.71. The Balaban J connectivity index is 2.09. The number of methoxy groups -OCH3 is 1. The van der Waals surface area contributed by atoms with Crippen molar-refractivity contribution in [2.45, 2.75) is 25.8 Å². The van der Waals surface area contributed by atoms with Gasteiger partial charge in [0.25, 0.3) is 0 Å². The van der Waals surface area contributed by atoms with Crippen LogP contribution in [0.4, 0.5) is 8.78 Å². The normalized spacial score (nSPS) is 17.1. The molecule has 0 aliphatic carbocycles. The topological polar surface area (TPSA) is 46.6 Å². The molecular weight excluding hydrogens is 388 g/mol. The average molecular weight is 406 g/mol. The highest BCUT2D eigenvalue weighted by molar-refractivity contribution is 6.31. The zero-order valence-electron chi connectivity index (χ0n) is 15.3. The molecule has 0 saturated heterocycles. The van der Waals surface area contributed by atoms with Crippen LogP contribution < -0.4 is 0 Å². The van der Waals surface area contributed by atoms with E-state index in [1.165, 1.54) is 18.1 Å². The maximum absolute atomic E-state index is 14.1. The lowest BCUT2D eigenvalue weighted by Crippen LogP contribution is -2.38. The molecule has 7 heteroatoms. The summed E-state index contributed by atoms with van der Waals surface area (Å²) in [4.78, 5) is 26.5. The molecule has 0 N–H and O–H groups in total. The Bertz CT molecular complexity index is 954. The van der Waals surface area contributed by atoms with Gasteiger partial charge >= 0.3 is 5.97 Å². The summed E-state index contributed by atoms with van der Waals surface area (Å²) in [5.74, 6) is -3.09. The minimum absolute atomic E-state index is 0.0679. The van der Waals surface area contributed by atoms with Crippen LogP contribution >= 0.6 is 11.6 Å². The quantitative estimate of drug-likeness (QED) is 0.699. The summed E-state index contributed by atoms with van der Waals surface area (Å²) in [6.07, 6.45) is -0.0679. The van der Waals surface area contributed by atoms with Gasteiger partial charge in [-0.1, -0.05) is 35.9 Å². The summed E-state index contributed by atoms with van der Waals surface area (Å²) < 4.78 is 33.1. The van der Waals surface area contributed by atoms with Gasteiger partial charge in [-0.2, -0.15) is 0 Å². The molecule has 0 unspecified atom stereocenters. The predicted octanol–water partition coefficient (Wildman–Crippen LogP) is 4.58. The maximum Gasteiger partial charge on any atom is 0.336 e. The second kappa shape index (κ2) is 8.10. The van der Waals surface area contributed by atoms with Crippen molar-refractivity contribution in [3.05, 3.63) is 81.5 Å². The van der Waals surface area contributed by atoms with E-state index in [4.69, 9.17) is 16.3 Å². The van der Waals surface area contributed by atoms with Gasteiger partial charge in [0.15, 0.2) is 0 Å². The number of rotatable bonds is 4. The SMILES string of the molecule is COC(=O)C1=C(C)N(Cc2c(F)cccc2F)C(=O)C[C@H]1c1ccccc1Cl. The van der Waals surface area contributed by atoms with Gasteiger partial charge in [0.2, 0.25) is 5.91 Å². The minimum Gasteiger partial charge on any atom is -0.466 e. The van der Waals surface area contributed by atoms with Crippen molar-refractivity contribution >= 4 is 23.5 Å². The maximum atomic E-state index is 14.1. The molecule has 0 spiro atoms. The van der Waals surface area contributed by atoms with Crippen LogP contribution in [0.2, 0.25) is 5.02 Å². The van der Waals surface area contributed by atoms with E-state index in [-0.39, 0.29) is 35.7 Å².